The van der Waals surface area contributed by atoms with E-state index in [9.17, 15) is 5.26 Å². The molecular weight excluding hydrogens is 368 g/mol. The third-order valence-electron chi connectivity index (χ3n) is 4.16. The molecule has 1 aliphatic heterocycles. The molecule has 2 heterocycles. The number of nitrogen functional groups attached to an aromatic ring is 2. The number of hydrogen-bond donors (Lipinski definition) is 4. The zero-order valence-corrected chi connectivity index (χ0v) is 15.2. The summed E-state index contributed by atoms with van der Waals surface area (Å²) in [5.74, 6) is 0.960. The molecule has 10 heteroatoms. The lowest BCUT2D eigenvalue weighted by molar-refractivity contribution is 0.407. The lowest BCUT2D eigenvalue weighted by Crippen LogP contribution is -2.32. The minimum Gasteiger partial charge on any atom is -0.496 e. The summed E-state index contributed by atoms with van der Waals surface area (Å²) in [6.07, 6.45) is 1.80. The van der Waals surface area contributed by atoms with E-state index in [1.165, 1.54) is 7.11 Å². The number of nitrogens with zero attached hydrogens (tertiary/aromatic N) is 4. The van der Waals surface area contributed by atoms with Crippen molar-refractivity contribution in [3.8, 4) is 18.0 Å². The second kappa shape index (κ2) is 6.90. The van der Waals surface area contributed by atoms with E-state index in [0.29, 0.717) is 27.7 Å². The largest absolute Gasteiger partial charge is 0.496 e. The predicted octanol–water partition coefficient (Wildman–Crippen LogP) is 2.03. The van der Waals surface area contributed by atoms with Crippen molar-refractivity contribution >= 4 is 34.9 Å². The SMILES string of the molecule is COc1cc(C)c(Cl)cc1C1N=C(NC#N)Nc2nc(N)c(C#N)c(N)c21. The average Bonchev–Trinajstić information content (AvgIpc) is 2.63. The number of nitrogens with one attached hydrogen (secondary N) is 2. The Hall–Kier alpha value is -3.69. The highest BCUT2D eigenvalue weighted by Gasteiger charge is 2.31. The van der Waals surface area contributed by atoms with Crippen LogP contribution in [0.15, 0.2) is 17.1 Å². The average molecular weight is 383 g/mol. The Kier molecular flexibility index (Phi) is 4.63. The Balaban J connectivity index is 2.32. The van der Waals surface area contributed by atoms with Crippen LogP contribution >= 0.6 is 11.6 Å². The number of aliphatic imine (C=N–C) groups is 1. The van der Waals surface area contributed by atoms with Gasteiger partial charge in [0, 0.05) is 16.1 Å². The third-order valence-corrected chi connectivity index (χ3v) is 4.57. The van der Waals surface area contributed by atoms with Crippen molar-refractivity contribution < 1.29 is 4.74 Å². The van der Waals surface area contributed by atoms with Crippen LogP contribution in [-0.4, -0.2) is 18.1 Å². The van der Waals surface area contributed by atoms with Crippen molar-refractivity contribution in [1.82, 2.24) is 10.3 Å². The van der Waals surface area contributed by atoms with Crippen LogP contribution in [0.2, 0.25) is 5.02 Å². The maximum atomic E-state index is 9.37. The molecule has 1 unspecified atom stereocenters. The summed E-state index contributed by atoms with van der Waals surface area (Å²) < 4.78 is 5.48. The van der Waals surface area contributed by atoms with Gasteiger partial charge in [0.2, 0.25) is 5.96 Å². The van der Waals surface area contributed by atoms with E-state index in [0.717, 1.165) is 5.56 Å². The second-order valence-electron chi connectivity index (χ2n) is 5.75. The van der Waals surface area contributed by atoms with Crippen molar-refractivity contribution in [2.24, 2.45) is 4.99 Å². The monoisotopic (exact) mass is 382 g/mol. The van der Waals surface area contributed by atoms with Crippen LogP contribution in [0.1, 0.15) is 28.3 Å². The first kappa shape index (κ1) is 18.1. The Morgan fingerprint density at radius 1 is 1.33 bits per heavy atom. The predicted molar refractivity (Wildman–Crippen MR) is 102 cm³/mol. The highest BCUT2D eigenvalue weighted by atomic mass is 35.5. The standard InChI is InChI=1S/C17H15ClN8O/c1-7-3-11(27-2)8(4-10(7)18)14-12-13(21)9(5-19)15(22)25-16(12)26-17(24-14)23-6-20/h3-4,14H,1-2H3,(H6,21,22,23,24,25,26). The highest BCUT2D eigenvalue weighted by molar-refractivity contribution is 6.31. The topological polar surface area (TPSA) is 158 Å². The lowest BCUT2D eigenvalue weighted by atomic mass is 9.94. The normalized spacial score (nSPS) is 14.9. The minimum atomic E-state index is -0.717. The Morgan fingerprint density at radius 3 is 2.70 bits per heavy atom. The second-order valence-corrected chi connectivity index (χ2v) is 6.15. The fourth-order valence-corrected chi connectivity index (χ4v) is 3.04. The van der Waals surface area contributed by atoms with Crippen LogP contribution in [0.4, 0.5) is 17.3 Å². The molecule has 1 aromatic heterocycles. The third kappa shape index (κ3) is 3.01. The van der Waals surface area contributed by atoms with E-state index in [1.807, 2.05) is 13.0 Å². The number of halogens is 1. The van der Waals surface area contributed by atoms with Crippen LogP contribution < -0.4 is 26.8 Å². The molecule has 1 aliphatic rings. The molecular formula is C17H15ClN8O. The molecule has 0 fully saturated rings. The van der Waals surface area contributed by atoms with Crippen molar-refractivity contribution in [3.63, 3.8) is 0 Å². The zero-order valence-electron chi connectivity index (χ0n) is 14.5. The Bertz CT molecular complexity index is 1050. The minimum absolute atomic E-state index is 0.0212. The van der Waals surface area contributed by atoms with Gasteiger partial charge in [-0.15, -0.1) is 0 Å². The van der Waals surface area contributed by atoms with E-state index in [-0.39, 0.29) is 23.0 Å². The first-order valence-electron chi connectivity index (χ1n) is 7.74. The van der Waals surface area contributed by atoms with Crippen LogP contribution in [0, 0.1) is 29.7 Å². The van der Waals surface area contributed by atoms with E-state index >= 15 is 0 Å². The summed E-state index contributed by atoms with van der Waals surface area (Å²) in [5.41, 5.74) is 14.1. The van der Waals surface area contributed by atoms with Crippen molar-refractivity contribution in [1.29, 1.82) is 10.5 Å². The molecule has 0 aliphatic carbocycles. The summed E-state index contributed by atoms with van der Waals surface area (Å²) >= 11 is 6.30. The molecule has 3 rings (SSSR count). The number of aromatic nitrogens is 1. The van der Waals surface area contributed by atoms with Gasteiger partial charge in [0.25, 0.3) is 0 Å². The molecule has 27 heavy (non-hydrogen) atoms. The number of guanidine groups is 1. The molecule has 6 N–H and O–H groups in total. The van der Waals surface area contributed by atoms with Crippen LogP contribution in [0.3, 0.4) is 0 Å². The van der Waals surface area contributed by atoms with Crippen molar-refractivity contribution in [2.45, 2.75) is 13.0 Å². The number of hydrogen-bond acceptors (Lipinski definition) is 9. The molecule has 0 amide bonds. The van der Waals surface area contributed by atoms with E-state index in [4.69, 9.17) is 33.1 Å². The summed E-state index contributed by atoms with van der Waals surface area (Å²) in [6.45, 7) is 1.85. The van der Waals surface area contributed by atoms with E-state index < -0.39 is 6.04 Å². The number of ether oxygens (including phenoxy) is 1. The van der Waals surface area contributed by atoms with Gasteiger partial charge in [-0.3, -0.25) is 5.32 Å². The Morgan fingerprint density at radius 2 is 2.07 bits per heavy atom. The molecule has 1 aromatic carbocycles. The number of nitriles is 2. The molecule has 9 nitrogen and oxygen atoms in total. The van der Waals surface area contributed by atoms with Crippen LogP contribution in [0.25, 0.3) is 0 Å². The fraction of sp³-hybridized carbons (Fsp3) is 0.176. The zero-order chi connectivity index (χ0) is 19.7. The number of rotatable bonds is 2. The smallest absolute Gasteiger partial charge is 0.211 e. The van der Waals surface area contributed by atoms with Gasteiger partial charge in [-0.1, -0.05) is 11.6 Å². The summed E-state index contributed by atoms with van der Waals surface area (Å²) in [5, 5.41) is 24.1. The van der Waals surface area contributed by atoms with Crippen LogP contribution in [-0.2, 0) is 0 Å². The number of fused-ring (bicyclic) bond motifs is 1. The number of anilines is 3. The van der Waals surface area contributed by atoms with E-state index in [2.05, 4.69) is 20.6 Å². The van der Waals surface area contributed by atoms with Gasteiger partial charge in [0.05, 0.1) is 12.8 Å². The van der Waals surface area contributed by atoms with Gasteiger partial charge in [0.15, 0.2) is 6.19 Å². The molecule has 0 radical (unpaired) electrons. The quantitative estimate of drug-likeness (QED) is 0.453. The van der Waals surface area contributed by atoms with Crippen molar-refractivity contribution in [2.75, 3.05) is 23.9 Å². The lowest BCUT2D eigenvalue weighted by Gasteiger charge is -2.27. The van der Waals surface area contributed by atoms with Gasteiger partial charge < -0.3 is 21.5 Å². The summed E-state index contributed by atoms with van der Waals surface area (Å²) in [7, 11) is 1.53. The first-order valence-corrected chi connectivity index (χ1v) is 8.11. The molecule has 1 atom stereocenters. The van der Waals surface area contributed by atoms with Crippen LogP contribution in [0.5, 0.6) is 5.75 Å². The number of nitrogens with two attached hydrogens (primary N) is 2. The molecule has 0 spiro atoms. The molecule has 136 valence electrons. The van der Waals surface area contributed by atoms with Crippen molar-refractivity contribution in [3.05, 3.63) is 39.4 Å². The highest BCUT2D eigenvalue weighted by Crippen LogP contribution is 2.44. The molecule has 2 aromatic rings. The summed E-state index contributed by atoms with van der Waals surface area (Å²) in [6, 6.07) is 4.73. The first-order chi connectivity index (χ1) is 12.9. The number of aryl methyl sites for hydroxylation is 1. The number of pyridine rings is 1. The van der Waals surface area contributed by atoms with E-state index in [1.54, 1.807) is 18.3 Å². The van der Waals surface area contributed by atoms with Gasteiger partial charge in [0.1, 0.15) is 35.1 Å². The van der Waals surface area contributed by atoms with Gasteiger partial charge in [-0.25, -0.2) is 9.98 Å². The van der Waals surface area contributed by atoms with Gasteiger partial charge >= 0.3 is 0 Å². The molecule has 0 bridgehead atoms. The number of benzene rings is 1. The maximum absolute atomic E-state index is 9.37. The maximum Gasteiger partial charge on any atom is 0.211 e. The van der Waals surface area contributed by atoms with Gasteiger partial charge in [-0.05, 0) is 24.6 Å². The fourth-order valence-electron chi connectivity index (χ4n) is 2.87. The molecule has 0 saturated heterocycles. The molecule has 0 saturated carbocycles. The van der Waals surface area contributed by atoms with Gasteiger partial charge in [-0.2, -0.15) is 10.5 Å². The number of methoxy groups -OCH3 is 1. The summed E-state index contributed by atoms with van der Waals surface area (Å²) in [4.78, 5) is 8.70. The Labute approximate surface area is 160 Å².